The number of nitrogens with zero attached hydrogens (tertiary/aromatic N) is 2. The Hall–Kier alpha value is -4.61. The number of rotatable bonds is 7. The minimum absolute atomic E-state index is 0. The van der Waals surface area contributed by atoms with E-state index in [1.807, 2.05) is 12.1 Å². The average Bonchev–Trinajstić information content (AvgIpc) is 3.66. The van der Waals surface area contributed by atoms with Crippen LogP contribution in [0.1, 0.15) is 52.2 Å². The molecule has 2 N–H and O–H groups in total. The smallest absolute Gasteiger partial charge is 0.371 e. The van der Waals surface area contributed by atoms with Crippen LogP contribution in [0.25, 0.3) is 11.1 Å². The molecular weight excluding hydrogens is 597 g/mol. The van der Waals surface area contributed by atoms with E-state index in [1.54, 1.807) is 48.1 Å². The summed E-state index contributed by atoms with van der Waals surface area (Å²) in [6.45, 7) is 3.34. The highest BCUT2D eigenvalue weighted by Gasteiger charge is 2.39. The van der Waals surface area contributed by atoms with Gasteiger partial charge in [0.1, 0.15) is 5.69 Å². The van der Waals surface area contributed by atoms with Crippen LogP contribution in [-0.2, 0) is 29.2 Å². The first-order valence-electron chi connectivity index (χ1n) is 14.7. The van der Waals surface area contributed by atoms with Gasteiger partial charge in [-0.3, -0.25) is 9.59 Å². The van der Waals surface area contributed by atoms with Crippen LogP contribution < -0.4 is 15.5 Å². The van der Waals surface area contributed by atoms with Gasteiger partial charge in [0.05, 0.1) is 24.5 Å². The molecule has 0 saturated carbocycles. The summed E-state index contributed by atoms with van der Waals surface area (Å²) in [4.78, 5) is 28.6. The van der Waals surface area contributed by atoms with Gasteiger partial charge in [0.15, 0.2) is 5.79 Å². The summed E-state index contributed by atoms with van der Waals surface area (Å²) >= 11 is 0. The van der Waals surface area contributed by atoms with E-state index >= 15 is 0 Å². The van der Waals surface area contributed by atoms with E-state index in [-0.39, 0.29) is 13.3 Å². The molecule has 0 bridgehead atoms. The number of carbonyl (C=O) groups is 2. The summed E-state index contributed by atoms with van der Waals surface area (Å²) in [6.07, 6.45) is -1.16. The fourth-order valence-electron chi connectivity index (χ4n) is 5.82. The Morgan fingerprint density at radius 1 is 0.891 bits per heavy atom. The molecule has 2 amide bonds. The Labute approximate surface area is 266 Å². The van der Waals surface area contributed by atoms with Crippen molar-refractivity contribution in [3.8, 4) is 11.1 Å². The molecule has 46 heavy (non-hydrogen) atoms. The number of carbonyl (C=O) groups excluding carboxylic acids is 2. The number of aromatic nitrogens is 1. The molecule has 2 fully saturated rings. The van der Waals surface area contributed by atoms with Gasteiger partial charge in [0, 0.05) is 57.0 Å². The van der Waals surface area contributed by atoms with Crippen LogP contribution in [0.2, 0.25) is 0 Å². The molecule has 4 aromatic rings. The van der Waals surface area contributed by atoms with Crippen molar-refractivity contribution in [2.75, 3.05) is 36.5 Å². The normalized spacial score (nSPS) is 15.8. The van der Waals surface area contributed by atoms with Crippen molar-refractivity contribution >= 4 is 23.2 Å². The molecule has 1 spiro atoms. The zero-order chi connectivity index (χ0) is 31.6. The second-order valence-electron chi connectivity index (χ2n) is 11.2. The second-order valence-corrected chi connectivity index (χ2v) is 11.2. The number of nitrogens with one attached hydrogen (secondary N) is 2. The monoisotopic (exact) mass is 634 g/mol. The van der Waals surface area contributed by atoms with Crippen LogP contribution in [0, 0.1) is 0 Å². The molecule has 2 saturated heterocycles. The number of alkyl halides is 3. The van der Waals surface area contributed by atoms with Crippen molar-refractivity contribution in [3.63, 3.8) is 0 Å². The van der Waals surface area contributed by atoms with Crippen LogP contribution in [0.4, 0.5) is 24.5 Å². The lowest BCUT2D eigenvalue weighted by atomic mass is 9.98. The van der Waals surface area contributed by atoms with Gasteiger partial charge in [0.25, 0.3) is 11.8 Å². The minimum atomic E-state index is -4.45. The molecule has 2 aliphatic rings. The van der Waals surface area contributed by atoms with Crippen molar-refractivity contribution in [2.24, 2.45) is 7.05 Å². The van der Waals surface area contributed by atoms with Crippen molar-refractivity contribution < 1.29 is 32.2 Å². The maximum absolute atomic E-state index is 13.2. The molecular formula is C35H37F3N4O4. The average molecular weight is 635 g/mol. The number of benzene rings is 3. The lowest BCUT2D eigenvalue weighted by Crippen LogP contribution is -2.45. The Bertz CT molecular complexity index is 1670. The van der Waals surface area contributed by atoms with E-state index in [2.05, 4.69) is 27.7 Å². The van der Waals surface area contributed by atoms with Gasteiger partial charge < -0.3 is 29.6 Å². The molecule has 0 unspecified atom stereocenters. The van der Waals surface area contributed by atoms with Crippen molar-refractivity contribution in [1.29, 1.82) is 0 Å². The molecule has 242 valence electrons. The number of amides is 2. The van der Waals surface area contributed by atoms with E-state index in [9.17, 15) is 22.8 Å². The van der Waals surface area contributed by atoms with Crippen LogP contribution >= 0.6 is 0 Å². The SMILES string of the molecule is C.Cn1cc(NC(=O)c2ccccc2-c2ccc(C(F)(F)F)cc2)cc1C(=O)NCc1ccc(N2CCC3(CC2)OCCO3)cc1. The van der Waals surface area contributed by atoms with E-state index in [0.717, 1.165) is 49.3 Å². The highest BCUT2D eigenvalue weighted by atomic mass is 19.4. The standard InChI is InChI=1S/C34H33F3N4O4.CH4/c1-40-22-26(39-31(42)29-5-3-2-4-28(29)24-8-10-25(11-9-24)34(35,36)37)20-30(40)32(43)38-21-23-6-12-27(13-7-23)41-16-14-33(15-17-41)44-18-19-45-33;/h2-13,20,22H,14-19,21H2,1H3,(H,38,43)(H,39,42);1H4. The van der Waals surface area contributed by atoms with Gasteiger partial charge in [-0.05, 0) is 53.1 Å². The molecule has 3 aromatic carbocycles. The van der Waals surface area contributed by atoms with Gasteiger partial charge in [-0.25, -0.2) is 0 Å². The summed E-state index contributed by atoms with van der Waals surface area (Å²) < 4.78 is 52.3. The lowest BCUT2D eigenvalue weighted by molar-refractivity contribution is -0.169. The Balaban J connectivity index is 0.00000417. The summed E-state index contributed by atoms with van der Waals surface area (Å²) in [5, 5.41) is 5.74. The van der Waals surface area contributed by atoms with Gasteiger partial charge in [-0.1, -0.05) is 49.9 Å². The van der Waals surface area contributed by atoms with Gasteiger partial charge in [0.2, 0.25) is 0 Å². The molecule has 0 aliphatic carbocycles. The van der Waals surface area contributed by atoms with E-state index < -0.39 is 23.4 Å². The first-order chi connectivity index (χ1) is 21.6. The first-order valence-corrected chi connectivity index (χ1v) is 14.7. The van der Waals surface area contributed by atoms with E-state index in [4.69, 9.17) is 9.47 Å². The summed E-state index contributed by atoms with van der Waals surface area (Å²) in [5.74, 6) is -1.17. The second kappa shape index (κ2) is 13.4. The van der Waals surface area contributed by atoms with Crippen LogP contribution in [0.3, 0.4) is 0 Å². The van der Waals surface area contributed by atoms with E-state index in [0.29, 0.717) is 47.8 Å². The number of piperidine rings is 1. The van der Waals surface area contributed by atoms with E-state index in [1.165, 1.54) is 12.1 Å². The fraction of sp³-hybridized carbons (Fsp3) is 0.314. The van der Waals surface area contributed by atoms with Crippen LogP contribution in [-0.4, -0.2) is 48.5 Å². The largest absolute Gasteiger partial charge is 0.416 e. The maximum Gasteiger partial charge on any atom is 0.416 e. The molecule has 11 heteroatoms. The predicted molar refractivity (Wildman–Crippen MR) is 171 cm³/mol. The molecule has 0 atom stereocenters. The van der Waals surface area contributed by atoms with Gasteiger partial charge in [-0.2, -0.15) is 13.2 Å². The summed E-state index contributed by atoms with van der Waals surface area (Å²) in [7, 11) is 1.71. The fourth-order valence-corrected chi connectivity index (χ4v) is 5.82. The topological polar surface area (TPSA) is 84.8 Å². The Kier molecular flexibility index (Phi) is 9.55. The number of aryl methyl sites for hydroxylation is 1. The summed E-state index contributed by atoms with van der Waals surface area (Å²) in [5.41, 5.74) is 3.33. The van der Waals surface area contributed by atoms with Crippen molar-refractivity contribution in [3.05, 3.63) is 107 Å². The number of hydrogen-bond donors (Lipinski definition) is 2. The lowest BCUT2D eigenvalue weighted by Gasteiger charge is -2.38. The summed E-state index contributed by atoms with van der Waals surface area (Å²) in [6, 6.07) is 21.0. The van der Waals surface area contributed by atoms with Gasteiger partial charge in [-0.15, -0.1) is 0 Å². The molecule has 0 radical (unpaired) electrons. The Morgan fingerprint density at radius 2 is 1.54 bits per heavy atom. The van der Waals surface area contributed by atoms with Crippen molar-refractivity contribution in [1.82, 2.24) is 9.88 Å². The van der Waals surface area contributed by atoms with Crippen molar-refractivity contribution in [2.45, 2.75) is 38.8 Å². The highest BCUT2D eigenvalue weighted by molar-refractivity contribution is 6.09. The Morgan fingerprint density at radius 3 is 2.20 bits per heavy atom. The highest BCUT2D eigenvalue weighted by Crippen LogP contribution is 2.34. The van der Waals surface area contributed by atoms with Crippen LogP contribution in [0.15, 0.2) is 85.1 Å². The first kappa shape index (κ1) is 32.8. The quantitative estimate of drug-likeness (QED) is 0.232. The minimum Gasteiger partial charge on any atom is -0.371 e. The molecule has 3 heterocycles. The third kappa shape index (κ3) is 7.11. The number of anilines is 2. The zero-order valence-corrected chi connectivity index (χ0v) is 24.7. The third-order valence-electron chi connectivity index (χ3n) is 8.28. The molecule has 2 aliphatic heterocycles. The number of halogens is 3. The molecule has 8 nitrogen and oxygen atoms in total. The molecule has 1 aromatic heterocycles. The maximum atomic E-state index is 13.2. The van der Waals surface area contributed by atoms with Gasteiger partial charge >= 0.3 is 6.18 Å². The predicted octanol–water partition coefficient (Wildman–Crippen LogP) is 6.87. The molecule has 6 rings (SSSR count). The van der Waals surface area contributed by atoms with Crippen LogP contribution in [0.5, 0.6) is 0 Å². The zero-order valence-electron chi connectivity index (χ0n) is 24.7. The third-order valence-corrected chi connectivity index (χ3v) is 8.28. The number of ether oxygens (including phenoxy) is 2. The number of hydrogen-bond acceptors (Lipinski definition) is 5.